The molecule has 2 aromatic rings. The van der Waals surface area contributed by atoms with Crippen LogP contribution < -0.4 is 10.6 Å². The molecule has 0 spiro atoms. The van der Waals surface area contributed by atoms with Gasteiger partial charge >= 0.3 is 6.18 Å². The van der Waals surface area contributed by atoms with Crippen molar-refractivity contribution >= 4 is 17.6 Å². The molecule has 1 saturated heterocycles. The van der Waals surface area contributed by atoms with Crippen LogP contribution in [0, 0.1) is 0 Å². The number of hydrogen-bond acceptors (Lipinski definition) is 6. The Morgan fingerprint density at radius 3 is 2.42 bits per heavy atom. The van der Waals surface area contributed by atoms with Crippen LogP contribution >= 0.6 is 0 Å². The van der Waals surface area contributed by atoms with Gasteiger partial charge in [-0.2, -0.15) is 13.2 Å². The third kappa shape index (κ3) is 6.36. The number of aromatic nitrogens is 1. The number of pyridine rings is 1. The van der Waals surface area contributed by atoms with Crippen LogP contribution in [-0.4, -0.2) is 71.0 Å². The third-order valence-corrected chi connectivity index (χ3v) is 7.14. The highest BCUT2D eigenvalue weighted by Crippen LogP contribution is 2.39. The Balaban J connectivity index is 1.18. The van der Waals surface area contributed by atoms with E-state index in [0.717, 1.165) is 31.0 Å². The lowest BCUT2D eigenvalue weighted by molar-refractivity contribution is -0.137. The molecule has 8 nitrogen and oxygen atoms in total. The molecule has 38 heavy (non-hydrogen) atoms. The van der Waals surface area contributed by atoms with E-state index in [-0.39, 0.29) is 29.9 Å². The number of alkyl halides is 4. The number of hydrogen-bond donors (Lipinski definition) is 3. The number of carbonyl (C=O) groups is 3. The molecule has 0 unspecified atom stereocenters. The average Bonchev–Trinajstić information content (AvgIpc) is 2.89. The molecule has 0 atom stereocenters. The predicted octanol–water partition coefficient (Wildman–Crippen LogP) is 2.61. The molecule has 0 bridgehead atoms. The standard InChI is InChI=1S/C26H28F4N4O4/c27-11-22(35)21-5-4-18(12-31-21)25(38)8-6-20(7-9-25)34-14-19(15-34)33-23(36)13-32-24(37)16-2-1-3-17(10-16)26(28,29)30/h1-5,10,12,19-20,38H,6-9,11,13-15H2,(H,32,37)(H,33,36). The molecule has 1 aromatic heterocycles. The Morgan fingerprint density at radius 1 is 1.11 bits per heavy atom. The average molecular weight is 537 g/mol. The maximum absolute atomic E-state index is 12.8. The van der Waals surface area contributed by atoms with E-state index in [1.165, 1.54) is 18.3 Å². The quantitative estimate of drug-likeness (QED) is 0.353. The number of aliphatic hydroxyl groups is 1. The number of carbonyl (C=O) groups excluding carboxylic acids is 3. The Morgan fingerprint density at radius 2 is 1.82 bits per heavy atom. The lowest BCUT2D eigenvalue weighted by atomic mass is 9.77. The van der Waals surface area contributed by atoms with Gasteiger partial charge in [-0.05, 0) is 49.9 Å². The molecule has 1 saturated carbocycles. The molecule has 2 fully saturated rings. The van der Waals surface area contributed by atoms with Crippen LogP contribution in [-0.2, 0) is 16.6 Å². The topological polar surface area (TPSA) is 112 Å². The van der Waals surface area contributed by atoms with E-state index >= 15 is 0 Å². The van der Waals surface area contributed by atoms with Gasteiger partial charge in [0.25, 0.3) is 5.91 Å². The summed E-state index contributed by atoms with van der Waals surface area (Å²) in [6, 6.07) is 7.13. The van der Waals surface area contributed by atoms with Crippen molar-refractivity contribution in [2.75, 3.05) is 26.3 Å². The van der Waals surface area contributed by atoms with Crippen LogP contribution in [0.2, 0.25) is 0 Å². The first-order chi connectivity index (χ1) is 18.0. The zero-order valence-electron chi connectivity index (χ0n) is 20.4. The van der Waals surface area contributed by atoms with Crippen molar-refractivity contribution in [2.24, 2.45) is 0 Å². The fourth-order valence-corrected chi connectivity index (χ4v) is 4.92. The van der Waals surface area contributed by atoms with Crippen LogP contribution in [0.1, 0.15) is 57.7 Å². The molecule has 0 radical (unpaired) electrons. The fraction of sp³-hybridized carbons (Fsp3) is 0.462. The van der Waals surface area contributed by atoms with E-state index < -0.39 is 41.6 Å². The van der Waals surface area contributed by atoms with Gasteiger partial charge in [0.15, 0.2) is 6.67 Å². The number of amides is 2. The van der Waals surface area contributed by atoms with E-state index in [1.54, 1.807) is 6.07 Å². The highest BCUT2D eigenvalue weighted by Gasteiger charge is 2.40. The van der Waals surface area contributed by atoms with Crippen LogP contribution in [0.4, 0.5) is 17.6 Å². The van der Waals surface area contributed by atoms with E-state index in [4.69, 9.17) is 0 Å². The molecule has 1 aliphatic carbocycles. The van der Waals surface area contributed by atoms with Crippen molar-refractivity contribution in [3.05, 3.63) is 65.0 Å². The van der Waals surface area contributed by atoms with E-state index in [9.17, 15) is 37.1 Å². The second kappa shape index (κ2) is 11.2. The van der Waals surface area contributed by atoms with Crippen molar-refractivity contribution < 1.29 is 37.1 Å². The summed E-state index contributed by atoms with van der Waals surface area (Å²) >= 11 is 0. The molecule has 3 N–H and O–H groups in total. The molecule has 2 aliphatic rings. The molecular weight excluding hydrogens is 508 g/mol. The van der Waals surface area contributed by atoms with Gasteiger partial charge in [-0.25, -0.2) is 4.39 Å². The van der Waals surface area contributed by atoms with Gasteiger partial charge in [0.05, 0.1) is 23.8 Å². The summed E-state index contributed by atoms with van der Waals surface area (Å²) in [5.74, 6) is -1.91. The summed E-state index contributed by atoms with van der Waals surface area (Å²) in [5, 5.41) is 16.2. The number of ketones is 1. The molecule has 1 aliphatic heterocycles. The maximum Gasteiger partial charge on any atom is 0.416 e. The highest BCUT2D eigenvalue weighted by atomic mass is 19.4. The lowest BCUT2D eigenvalue weighted by Crippen LogP contribution is -2.63. The maximum atomic E-state index is 12.8. The minimum Gasteiger partial charge on any atom is -0.385 e. The smallest absolute Gasteiger partial charge is 0.385 e. The summed E-state index contributed by atoms with van der Waals surface area (Å²) in [4.78, 5) is 42.0. The number of rotatable bonds is 8. The molecule has 204 valence electrons. The van der Waals surface area contributed by atoms with Gasteiger partial charge in [-0.1, -0.05) is 12.1 Å². The van der Waals surface area contributed by atoms with Crippen molar-refractivity contribution in [1.82, 2.24) is 20.5 Å². The molecule has 2 heterocycles. The van der Waals surface area contributed by atoms with Crippen molar-refractivity contribution in [1.29, 1.82) is 0 Å². The Bertz CT molecular complexity index is 1170. The molecule has 4 rings (SSSR count). The Kier molecular flexibility index (Phi) is 8.12. The fourth-order valence-electron chi connectivity index (χ4n) is 4.92. The second-order valence-electron chi connectivity index (χ2n) is 9.73. The first-order valence-electron chi connectivity index (χ1n) is 12.3. The predicted molar refractivity (Wildman–Crippen MR) is 128 cm³/mol. The van der Waals surface area contributed by atoms with Crippen molar-refractivity contribution in [2.45, 2.75) is 49.5 Å². The molecular formula is C26H28F4N4O4. The van der Waals surface area contributed by atoms with E-state index in [0.29, 0.717) is 31.5 Å². The number of nitrogens with one attached hydrogen (secondary N) is 2. The highest BCUT2D eigenvalue weighted by molar-refractivity contribution is 5.96. The zero-order chi connectivity index (χ0) is 27.5. The summed E-state index contributed by atoms with van der Waals surface area (Å²) in [6.07, 6.45) is -0.729. The summed E-state index contributed by atoms with van der Waals surface area (Å²) in [5.41, 5.74) is -1.58. The monoisotopic (exact) mass is 536 g/mol. The van der Waals surface area contributed by atoms with Gasteiger partial charge < -0.3 is 15.7 Å². The lowest BCUT2D eigenvalue weighted by Gasteiger charge is -2.48. The summed E-state index contributed by atoms with van der Waals surface area (Å²) in [6.45, 7) is -0.258. The number of halogens is 4. The number of likely N-dealkylation sites (tertiary alicyclic amines) is 1. The third-order valence-electron chi connectivity index (χ3n) is 7.14. The number of Topliss-reactive ketones (excluding diaryl/α,β-unsaturated/α-hetero) is 1. The zero-order valence-corrected chi connectivity index (χ0v) is 20.4. The molecule has 2 amide bonds. The normalized spacial score (nSPS) is 22.4. The van der Waals surface area contributed by atoms with Gasteiger partial charge in [-0.3, -0.25) is 24.3 Å². The minimum atomic E-state index is -4.57. The van der Waals surface area contributed by atoms with Crippen molar-refractivity contribution in [3.63, 3.8) is 0 Å². The summed E-state index contributed by atoms with van der Waals surface area (Å²) < 4.78 is 51.0. The SMILES string of the molecule is O=C(CNC(=O)c1cccc(C(F)(F)F)c1)NC1CN(C2CCC(O)(c3ccc(C(=O)CF)nc3)CC2)C1. The van der Waals surface area contributed by atoms with Crippen LogP contribution in [0.25, 0.3) is 0 Å². The van der Waals surface area contributed by atoms with Gasteiger partial charge in [0.1, 0.15) is 5.69 Å². The molecule has 12 heteroatoms. The summed E-state index contributed by atoms with van der Waals surface area (Å²) in [7, 11) is 0. The first kappa shape index (κ1) is 27.6. The molecule has 1 aromatic carbocycles. The van der Waals surface area contributed by atoms with Crippen LogP contribution in [0.15, 0.2) is 42.6 Å². The number of benzene rings is 1. The Labute approximate surface area is 216 Å². The second-order valence-corrected chi connectivity index (χ2v) is 9.73. The van der Waals surface area contributed by atoms with Gasteiger partial charge in [0, 0.05) is 36.5 Å². The van der Waals surface area contributed by atoms with Crippen molar-refractivity contribution in [3.8, 4) is 0 Å². The largest absolute Gasteiger partial charge is 0.416 e. The minimum absolute atomic E-state index is 0.0254. The van der Waals surface area contributed by atoms with Gasteiger partial charge in [0.2, 0.25) is 11.7 Å². The van der Waals surface area contributed by atoms with Gasteiger partial charge in [-0.15, -0.1) is 0 Å². The van der Waals surface area contributed by atoms with Crippen LogP contribution in [0.3, 0.4) is 0 Å². The van der Waals surface area contributed by atoms with E-state index in [2.05, 4.69) is 20.5 Å². The Hall–Kier alpha value is -3.38. The number of nitrogens with zero attached hydrogens (tertiary/aromatic N) is 2. The van der Waals surface area contributed by atoms with E-state index in [1.807, 2.05) is 0 Å². The van der Waals surface area contributed by atoms with Crippen LogP contribution in [0.5, 0.6) is 0 Å². The first-order valence-corrected chi connectivity index (χ1v) is 12.3.